The van der Waals surface area contributed by atoms with Gasteiger partial charge >= 0.3 is 0 Å². The predicted octanol–water partition coefficient (Wildman–Crippen LogP) is 3.94. The third-order valence-electron chi connectivity index (χ3n) is 4.09. The third-order valence-corrected chi connectivity index (χ3v) is 4.09. The average Bonchev–Trinajstić information content (AvgIpc) is 2.59. The second-order valence-corrected chi connectivity index (χ2v) is 5.99. The van der Waals surface area contributed by atoms with Crippen molar-refractivity contribution < 1.29 is 9.84 Å². The van der Waals surface area contributed by atoms with Crippen LogP contribution < -0.4 is 10.1 Å². The van der Waals surface area contributed by atoms with E-state index >= 15 is 0 Å². The zero-order valence-electron chi connectivity index (χ0n) is 14.1. The van der Waals surface area contributed by atoms with Gasteiger partial charge in [-0.05, 0) is 62.4 Å². The molecular weight excluding hydrogens is 286 g/mol. The fraction of sp³-hybridized carbons (Fsp3) is 0.400. The minimum Gasteiger partial charge on any atom is -0.504 e. The van der Waals surface area contributed by atoms with Crippen molar-refractivity contribution in [2.45, 2.75) is 38.6 Å². The molecule has 0 fully saturated rings. The minimum atomic E-state index is 0.198. The topological polar surface area (TPSA) is 41.5 Å². The number of aryl methyl sites for hydroxylation is 2. The van der Waals surface area contributed by atoms with Crippen LogP contribution in [0.25, 0.3) is 0 Å². The van der Waals surface area contributed by atoms with Crippen molar-refractivity contribution in [3.63, 3.8) is 0 Å². The molecule has 0 saturated heterocycles. The largest absolute Gasteiger partial charge is 0.504 e. The van der Waals surface area contributed by atoms with Crippen molar-refractivity contribution in [3.8, 4) is 11.5 Å². The Kier molecular flexibility index (Phi) is 6.95. The Morgan fingerprint density at radius 2 is 1.83 bits per heavy atom. The van der Waals surface area contributed by atoms with Crippen molar-refractivity contribution >= 4 is 0 Å². The number of phenols is 1. The Morgan fingerprint density at radius 1 is 1.04 bits per heavy atom. The maximum Gasteiger partial charge on any atom is 0.160 e. The molecule has 23 heavy (non-hydrogen) atoms. The lowest BCUT2D eigenvalue weighted by atomic mass is 10.1. The Balaban J connectivity index is 1.66. The van der Waals surface area contributed by atoms with E-state index in [1.807, 2.05) is 12.1 Å². The summed E-state index contributed by atoms with van der Waals surface area (Å²) in [5, 5.41) is 13.2. The molecule has 0 amide bonds. The molecule has 3 nitrogen and oxygen atoms in total. The molecule has 0 radical (unpaired) electrons. The molecule has 0 aromatic heterocycles. The summed E-state index contributed by atoms with van der Waals surface area (Å²) in [6, 6.07) is 16.7. The molecule has 1 atom stereocenters. The van der Waals surface area contributed by atoms with Crippen molar-refractivity contribution in [1.29, 1.82) is 0 Å². The van der Waals surface area contributed by atoms with E-state index in [9.17, 15) is 5.11 Å². The highest BCUT2D eigenvalue weighted by Crippen LogP contribution is 2.26. The Morgan fingerprint density at radius 3 is 2.57 bits per heavy atom. The molecule has 2 rings (SSSR count). The first-order valence-electron chi connectivity index (χ1n) is 8.32. The molecule has 0 saturated carbocycles. The number of benzene rings is 2. The van der Waals surface area contributed by atoms with E-state index in [1.54, 1.807) is 13.2 Å². The summed E-state index contributed by atoms with van der Waals surface area (Å²) in [5.74, 6) is 0.745. The van der Waals surface area contributed by atoms with Gasteiger partial charge in [0.1, 0.15) is 0 Å². The summed E-state index contributed by atoms with van der Waals surface area (Å²) >= 11 is 0. The van der Waals surface area contributed by atoms with E-state index in [0.29, 0.717) is 11.8 Å². The number of phenolic OH excluding ortho intramolecular Hbond substituents is 1. The summed E-state index contributed by atoms with van der Waals surface area (Å²) in [5.41, 5.74) is 2.59. The standard InChI is InChI=1S/C20H27NO2/c1-16(21-14-6-9-17-7-4-3-5-8-17)10-11-18-12-13-19(22)20(15-18)23-2/h3-5,7-8,12-13,15-16,21-22H,6,9-11,14H2,1-2H3. The summed E-state index contributed by atoms with van der Waals surface area (Å²) in [4.78, 5) is 0. The smallest absolute Gasteiger partial charge is 0.160 e. The lowest BCUT2D eigenvalue weighted by Gasteiger charge is -2.14. The molecule has 2 aromatic carbocycles. The first-order valence-corrected chi connectivity index (χ1v) is 8.32. The first-order chi connectivity index (χ1) is 11.2. The summed E-state index contributed by atoms with van der Waals surface area (Å²) in [7, 11) is 1.58. The molecule has 124 valence electrons. The Hall–Kier alpha value is -2.00. The predicted molar refractivity (Wildman–Crippen MR) is 95.2 cm³/mol. The van der Waals surface area contributed by atoms with Gasteiger partial charge in [0.05, 0.1) is 7.11 Å². The number of aromatic hydroxyl groups is 1. The van der Waals surface area contributed by atoms with Crippen LogP contribution in [0, 0.1) is 0 Å². The van der Waals surface area contributed by atoms with Crippen LogP contribution >= 0.6 is 0 Å². The van der Waals surface area contributed by atoms with Crippen LogP contribution in [-0.4, -0.2) is 24.8 Å². The van der Waals surface area contributed by atoms with Crippen molar-refractivity contribution in [3.05, 3.63) is 59.7 Å². The van der Waals surface area contributed by atoms with Crippen LogP contribution in [0.1, 0.15) is 30.9 Å². The molecule has 0 spiro atoms. The molecule has 0 aliphatic heterocycles. The van der Waals surface area contributed by atoms with Crippen LogP contribution in [0.5, 0.6) is 11.5 Å². The Bertz CT molecular complexity index is 583. The number of hydrogen-bond acceptors (Lipinski definition) is 3. The maximum absolute atomic E-state index is 9.61. The van der Waals surface area contributed by atoms with Crippen molar-refractivity contribution in [1.82, 2.24) is 5.32 Å². The van der Waals surface area contributed by atoms with Crippen LogP contribution in [-0.2, 0) is 12.8 Å². The molecule has 2 aromatic rings. The van der Waals surface area contributed by atoms with E-state index in [1.165, 1.54) is 11.1 Å². The zero-order valence-corrected chi connectivity index (χ0v) is 14.1. The molecule has 2 N–H and O–H groups in total. The molecule has 3 heteroatoms. The summed E-state index contributed by atoms with van der Waals surface area (Å²) in [6.07, 6.45) is 4.32. The molecule has 0 aliphatic rings. The van der Waals surface area contributed by atoms with Crippen LogP contribution in [0.4, 0.5) is 0 Å². The number of rotatable bonds is 9. The lowest BCUT2D eigenvalue weighted by Crippen LogP contribution is -2.27. The number of methoxy groups -OCH3 is 1. The minimum absolute atomic E-state index is 0.198. The van der Waals surface area contributed by atoms with Crippen LogP contribution in [0.2, 0.25) is 0 Å². The van der Waals surface area contributed by atoms with E-state index < -0.39 is 0 Å². The number of hydrogen-bond donors (Lipinski definition) is 2. The first kappa shape index (κ1) is 17.4. The van der Waals surface area contributed by atoms with E-state index in [-0.39, 0.29) is 5.75 Å². The number of ether oxygens (including phenoxy) is 1. The molecule has 0 heterocycles. The van der Waals surface area contributed by atoms with E-state index in [0.717, 1.165) is 32.2 Å². The second kappa shape index (κ2) is 9.21. The van der Waals surface area contributed by atoms with Gasteiger partial charge in [-0.3, -0.25) is 0 Å². The fourth-order valence-corrected chi connectivity index (χ4v) is 2.65. The Labute approximate surface area is 139 Å². The quantitative estimate of drug-likeness (QED) is 0.689. The van der Waals surface area contributed by atoms with Gasteiger partial charge in [-0.15, -0.1) is 0 Å². The van der Waals surface area contributed by atoms with Gasteiger partial charge in [0.25, 0.3) is 0 Å². The highest BCUT2D eigenvalue weighted by molar-refractivity contribution is 5.41. The molecule has 0 aliphatic carbocycles. The molecule has 0 bridgehead atoms. The lowest BCUT2D eigenvalue weighted by molar-refractivity contribution is 0.372. The molecule has 1 unspecified atom stereocenters. The monoisotopic (exact) mass is 313 g/mol. The highest BCUT2D eigenvalue weighted by Gasteiger charge is 2.05. The van der Waals surface area contributed by atoms with Gasteiger partial charge in [0.2, 0.25) is 0 Å². The summed E-state index contributed by atoms with van der Waals surface area (Å²) < 4.78 is 5.15. The molecular formula is C20H27NO2. The van der Waals surface area contributed by atoms with E-state index in [4.69, 9.17) is 4.74 Å². The number of nitrogens with one attached hydrogen (secondary N) is 1. The van der Waals surface area contributed by atoms with Gasteiger partial charge in [-0.25, -0.2) is 0 Å². The van der Waals surface area contributed by atoms with Gasteiger partial charge < -0.3 is 15.2 Å². The van der Waals surface area contributed by atoms with Gasteiger partial charge in [-0.1, -0.05) is 36.4 Å². The average molecular weight is 313 g/mol. The second-order valence-electron chi connectivity index (χ2n) is 5.99. The zero-order chi connectivity index (χ0) is 16.5. The van der Waals surface area contributed by atoms with Crippen molar-refractivity contribution in [2.75, 3.05) is 13.7 Å². The fourth-order valence-electron chi connectivity index (χ4n) is 2.65. The van der Waals surface area contributed by atoms with Gasteiger partial charge in [-0.2, -0.15) is 0 Å². The normalized spacial score (nSPS) is 12.1. The third kappa shape index (κ3) is 5.95. The van der Waals surface area contributed by atoms with E-state index in [2.05, 4.69) is 42.6 Å². The van der Waals surface area contributed by atoms with Gasteiger partial charge in [0.15, 0.2) is 11.5 Å². The SMILES string of the molecule is COc1cc(CCC(C)NCCCc2ccccc2)ccc1O. The van der Waals surface area contributed by atoms with Gasteiger partial charge in [0, 0.05) is 6.04 Å². The van der Waals surface area contributed by atoms with Crippen LogP contribution in [0.15, 0.2) is 48.5 Å². The summed E-state index contributed by atoms with van der Waals surface area (Å²) in [6.45, 7) is 3.26. The van der Waals surface area contributed by atoms with Crippen molar-refractivity contribution in [2.24, 2.45) is 0 Å². The highest BCUT2D eigenvalue weighted by atomic mass is 16.5. The van der Waals surface area contributed by atoms with Crippen LogP contribution in [0.3, 0.4) is 0 Å². The maximum atomic E-state index is 9.61.